The first-order valence-corrected chi connectivity index (χ1v) is 8.52. The number of rotatable bonds is 8. The van der Waals surface area contributed by atoms with Crippen LogP contribution in [0.15, 0.2) is 18.2 Å². The molecule has 1 fully saturated rings. The number of carbonyl (C=O) groups is 4. The molecule has 0 spiro atoms. The number of ether oxygens (including phenoxy) is 2. The lowest BCUT2D eigenvalue weighted by molar-refractivity contribution is -0.141. The molecule has 2 N–H and O–H groups in total. The van der Waals surface area contributed by atoms with Gasteiger partial charge in [0.2, 0.25) is 5.91 Å². The van der Waals surface area contributed by atoms with Crippen molar-refractivity contribution in [1.82, 2.24) is 10.2 Å². The number of carboxylic acid groups (broad SMARTS) is 1. The van der Waals surface area contributed by atoms with E-state index in [0.29, 0.717) is 0 Å². The fraction of sp³-hybridized carbons (Fsp3) is 0.444. The van der Waals surface area contributed by atoms with Crippen molar-refractivity contribution in [2.45, 2.75) is 39.3 Å². The van der Waals surface area contributed by atoms with Gasteiger partial charge in [0.1, 0.15) is 6.04 Å². The van der Waals surface area contributed by atoms with E-state index < -0.39 is 30.4 Å². The average molecular weight is 378 g/mol. The normalized spacial score (nSPS) is 16.6. The fourth-order valence-corrected chi connectivity index (χ4v) is 2.72. The molecule has 1 aliphatic rings. The molecule has 1 aliphatic heterocycles. The Labute approximate surface area is 156 Å². The summed E-state index contributed by atoms with van der Waals surface area (Å²) in [6.45, 7) is 4.92. The maximum Gasteiger partial charge on any atom is 0.341 e. The van der Waals surface area contributed by atoms with E-state index in [1.54, 1.807) is 20.8 Å². The van der Waals surface area contributed by atoms with Crippen molar-refractivity contribution >= 4 is 23.7 Å². The van der Waals surface area contributed by atoms with Crippen LogP contribution in [0.5, 0.6) is 11.5 Å². The van der Waals surface area contributed by atoms with E-state index in [1.165, 1.54) is 18.2 Å². The summed E-state index contributed by atoms with van der Waals surface area (Å²) >= 11 is 0. The Kier molecular flexibility index (Phi) is 6.38. The minimum Gasteiger partial charge on any atom is -0.490 e. The minimum absolute atomic E-state index is 0.0825. The topological polar surface area (TPSA) is 122 Å². The van der Waals surface area contributed by atoms with E-state index in [9.17, 15) is 19.2 Å². The van der Waals surface area contributed by atoms with Gasteiger partial charge in [-0.25, -0.2) is 4.79 Å². The van der Waals surface area contributed by atoms with Gasteiger partial charge < -0.3 is 19.9 Å². The molecule has 1 heterocycles. The number of amides is 3. The Morgan fingerprint density at radius 3 is 2.52 bits per heavy atom. The van der Waals surface area contributed by atoms with Crippen LogP contribution in [0.4, 0.5) is 0 Å². The van der Waals surface area contributed by atoms with Gasteiger partial charge in [-0.05, 0) is 39.0 Å². The molecular weight excluding hydrogens is 356 g/mol. The molecule has 0 aliphatic carbocycles. The smallest absolute Gasteiger partial charge is 0.341 e. The molecule has 9 nitrogen and oxygen atoms in total. The standard InChI is InChI=1S/C18H22N2O7/c1-4-26-14-7-11(5-6-13(14)27-9-16(22)23)17(24)19-12-8-15(21)20(10(2)3)18(12)25/h5-7,10,12H,4,8-9H2,1-3H3,(H,19,24)(H,22,23). The van der Waals surface area contributed by atoms with Gasteiger partial charge in [0.15, 0.2) is 18.1 Å². The summed E-state index contributed by atoms with van der Waals surface area (Å²) in [6.07, 6.45) is -0.0825. The Hall–Kier alpha value is -3.10. The molecule has 0 aromatic heterocycles. The van der Waals surface area contributed by atoms with E-state index in [0.717, 1.165) is 4.90 Å². The first-order chi connectivity index (χ1) is 12.7. The summed E-state index contributed by atoms with van der Waals surface area (Å²) in [4.78, 5) is 48.5. The number of benzene rings is 1. The van der Waals surface area contributed by atoms with Crippen LogP contribution in [-0.4, -0.2) is 59.0 Å². The van der Waals surface area contributed by atoms with Crippen molar-refractivity contribution in [3.63, 3.8) is 0 Å². The lowest BCUT2D eigenvalue weighted by Gasteiger charge is -2.19. The highest BCUT2D eigenvalue weighted by atomic mass is 16.5. The highest BCUT2D eigenvalue weighted by Crippen LogP contribution is 2.29. The van der Waals surface area contributed by atoms with Crippen molar-refractivity contribution in [2.24, 2.45) is 0 Å². The Balaban J connectivity index is 2.14. The van der Waals surface area contributed by atoms with Crippen LogP contribution in [-0.2, 0) is 14.4 Å². The summed E-state index contributed by atoms with van der Waals surface area (Å²) < 4.78 is 10.5. The molecule has 27 heavy (non-hydrogen) atoms. The molecule has 1 aromatic rings. The predicted molar refractivity (Wildman–Crippen MR) is 93.6 cm³/mol. The molecule has 3 amide bonds. The van der Waals surface area contributed by atoms with Crippen LogP contribution in [0.25, 0.3) is 0 Å². The second-order valence-corrected chi connectivity index (χ2v) is 6.20. The van der Waals surface area contributed by atoms with Gasteiger partial charge in [-0.3, -0.25) is 19.3 Å². The van der Waals surface area contributed by atoms with Crippen molar-refractivity contribution in [3.8, 4) is 11.5 Å². The van der Waals surface area contributed by atoms with E-state index in [-0.39, 0.29) is 42.0 Å². The predicted octanol–water partition coefficient (Wildman–Crippen LogP) is 0.814. The molecule has 1 aromatic carbocycles. The van der Waals surface area contributed by atoms with Gasteiger partial charge in [-0.15, -0.1) is 0 Å². The molecule has 1 unspecified atom stereocenters. The quantitative estimate of drug-likeness (QED) is 0.642. The highest BCUT2D eigenvalue weighted by molar-refractivity contribution is 6.08. The number of carbonyl (C=O) groups excluding carboxylic acids is 3. The number of nitrogens with one attached hydrogen (secondary N) is 1. The Morgan fingerprint density at radius 2 is 1.96 bits per heavy atom. The van der Waals surface area contributed by atoms with E-state index >= 15 is 0 Å². The number of aliphatic carboxylic acids is 1. The van der Waals surface area contributed by atoms with E-state index in [4.69, 9.17) is 14.6 Å². The molecule has 0 radical (unpaired) electrons. The Morgan fingerprint density at radius 1 is 1.26 bits per heavy atom. The fourth-order valence-electron chi connectivity index (χ4n) is 2.72. The van der Waals surface area contributed by atoms with Crippen molar-refractivity contribution in [1.29, 1.82) is 0 Å². The molecule has 0 saturated carbocycles. The summed E-state index contributed by atoms with van der Waals surface area (Å²) in [5, 5.41) is 11.3. The number of hydrogen-bond donors (Lipinski definition) is 2. The average Bonchev–Trinajstić information content (AvgIpc) is 2.87. The zero-order chi connectivity index (χ0) is 20.1. The van der Waals surface area contributed by atoms with Crippen molar-refractivity contribution in [2.75, 3.05) is 13.2 Å². The van der Waals surface area contributed by atoms with Crippen molar-refractivity contribution < 1.29 is 33.8 Å². The molecule has 0 bridgehead atoms. The van der Waals surface area contributed by atoms with Crippen LogP contribution in [0.3, 0.4) is 0 Å². The van der Waals surface area contributed by atoms with Crippen LogP contribution in [0, 0.1) is 0 Å². The zero-order valence-electron chi connectivity index (χ0n) is 15.4. The van der Waals surface area contributed by atoms with Gasteiger partial charge in [-0.2, -0.15) is 0 Å². The monoisotopic (exact) mass is 378 g/mol. The second-order valence-electron chi connectivity index (χ2n) is 6.20. The summed E-state index contributed by atoms with van der Waals surface area (Å²) in [5.74, 6) is -2.05. The van der Waals surface area contributed by atoms with Gasteiger partial charge in [0, 0.05) is 11.6 Å². The number of imide groups is 1. The maximum absolute atomic E-state index is 12.5. The third kappa shape index (κ3) is 4.75. The zero-order valence-corrected chi connectivity index (χ0v) is 15.4. The number of nitrogens with zero attached hydrogens (tertiary/aromatic N) is 1. The van der Waals surface area contributed by atoms with E-state index in [2.05, 4.69) is 5.32 Å². The third-order valence-electron chi connectivity index (χ3n) is 3.86. The largest absolute Gasteiger partial charge is 0.490 e. The molecule has 146 valence electrons. The molecule has 1 atom stereocenters. The van der Waals surface area contributed by atoms with Crippen LogP contribution in [0.2, 0.25) is 0 Å². The number of likely N-dealkylation sites (tertiary alicyclic amines) is 1. The number of hydrogen-bond acceptors (Lipinski definition) is 6. The van der Waals surface area contributed by atoms with Crippen LogP contribution >= 0.6 is 0 Å². The molecule has 2 rings (SSSR count). The van der Waals surface area contributed by atoms with E-state index in [1.807, 2.05) is 0 Å². The van der Waals surface area contributed by atoms with Crippen molar-refractivity contribution in [3.05, 3.63) is 23.8 Å². The maximum atomic E-state index is 12.5. The second kappa shape index (κ2) is 8.52. The third-order valence-corrected chi connectivity index (χ3v) is 3.86. The summed E-state index contributed by atoms with van der Waals surface area (Å²) in [7, 11) is 0. The van der Waals surface area contributed by atoms with Gasteiger partial charge >= 0.3 is 5.97 Å². The van der Waals surface area contributed by atoms with Gasteiger partial charge in [-0.1, -0.05) is 0 Å². The minimum atomic E-state index is -1.14. The SMILES string of the molecule is CCOc1cc(C(=O)NC2CC(=O)N(C(C)C)C2=O)ccc1OCC(=O)O. The van der Waals surface area contributed by atoms with Gasteiger partial charge in [0.25, 0.3) is 11.8 Å². The first kappa shape index (κ1) is 20.2. The number of carboxylic acids is 1. The van der Waals surface area contributed by atoms with Gasteiger partial charge in [0.05, 0.1) is 13.0 Å². The lowest BCUT2D eigenvalue weighted by Crippen LogP contribution is -2.43. The molecular formula is C18H22N2O7. The van der Waals surface area contributed by atoms with Crippen LogP contribution < -0.4 is 14.8 Å². The highest BCUT2D eigenvalue weighted by Gasteiger charge is 2.40. The lowest BCUT2D eigenvalue weighted by atomic mass is 10.1. The Bertz CT molecular complexity index is 760. The molecule has 1 saturated heterocycles. The summed E-state index contributed by atoms with van der Waals surface area (Å²) in [5.41, 5.74) is 0.198. The summed E-state index contributed by atoms with van der Waals surface area (Å²) in [6, 6.07) is 3.06. The molecule has 9 heteroatoms. The van der Waals surface area contributed by atoms with Crippen LogP contribution in [0.1, 0.15) is 37.6 Å². The first-order valence-electron chi connectivity index (χ1n) is 8.52.